The predicted molar refractivity (Wildman–Crippen MR) is 66.9 cm³/mol. The van der Waals surface area contributed by atoms with Gasteiger partial charge in [0.05, 0.1) is 4.88 Å². The van der Waals surface area contributed by atoms with E-state index in [9.17, 15) is 4.79 Å². The van der Waals surface area contributed by atoms with E-state index in [1.165, 1.54) is 11.3 Å². The maximum absolute atomic E-state index is 12.3. The van der Waals surface area contributed by atoms with E-state index in [1.54, 1.807) is 0 Å². The molecule has 1 unspecified atom stereocenters. The highest BCUT2D eigenvalue weighted by molar-refractivity contribution is 7.12. The van der Waals surface area contributed by atoms with Crippen molar-refractivity contribution in [1.82, 2.24) is 10.2 Å². The van der Waals surface area contributed by atoms with Gasteiger partial charge in [0.2, 0.25) is 0 Å². The molecule has 0 aliphatic carbocycles. The molecule has 1 aromatic heterocycles. The molecular formula is C12H18N2OS. The Morgan fingerprint density at radius 1 is 1.62 bits per heavy atom. The summed E-state index contributed by atoms with van der Waals surface area (Å²) < 4.78 is 0. The average molecular weight is 238 g/mol. The van der Waals surface area contributed by atoms with Gasteiger partial charge in [-0.1, -0.05) is 19.9 Å². The van der Waals surface area contributed by atoms with E-state index in [1.807, 2.05) is 22.4 Å². The predicted octanol–water partition coefficient (Wildman–Crippen LogP) is 1.82. The number of piperazine rings is 1. The number of amides is 1. The molecule has 0 saturated carbocycles. The zero-order chi connectivity index (χ0) is 11.5. The highest BCUT2D eigenvalue weighted by Gasteiger charge is 2.29. The molecule has 0 aromatic carbocycles. The Bertz CT molecular complexity index is 348. The molecule has 88 valence electrons. The van der Waals surface area contributed by atoms with Crippen molar-refractivity contribution in [2.24, 2.45) is 5.92 Å². The average Bonchev–Trinajstić information content (AvgIpc) is 2.81. The Hall–Kier alpha value is -0.870. The van der Waals surface area contributed by atoms with Gasteiger partial charge in [-0.25, -0.2) is 0 Å². The summed E-state index contributed by atoms with van der Waals surface area (Å²) >= 11 is 1.53. The molecule has 1 aliphatic rings. The van der Waals surface area contributed by atoms with E-state index in [-0.39, 0.29) is 5.91 Å². The van der Waals surface area contributed by atoms with E-state index in [4.69, 9.17) is 0 Å². The van der Waals surface area contributed by atoms with E-state index in [2.05, 4.69) is 19.2 Å². The highest BCUT2D eigenvalue weighted by Crippen LogP contribution is 2.18. The monoisotopic (exact) mass is 238 g/mol. The van der Waals surface area contributed by atoms with Crippen LogP contribution in [0.2, 0.25) is 0 Å². The first-order chi connectivity index (χ1) is 7.70. The molecule has 1 amide bonds. The second-order valence-electron chi connectivity index (χ2n) is 4.49. The van der Waals surface area contributed by atoms with Crippen molar-refractivity contribution in [1.29, 1.82) is 0 Å². The molecule has 1 N–H and O–H groups in total. The zero-order valence-electron chi connectivity index (χ0n) is 9.77. The largest absolute Gasteiger partial charge is 0.332 e. The molecule has 1 aromatic rings. The summed E-state index contributed by atoms with van der Waals surface area (Å²) in [5.41, 5.74) is 0. The Balaban J connectivity index is 2.14. The molecule has 16 heavy (non-hydrogen) atoms. The smallest absolute Gasteiger partial charge is 0.264 e. The van der Waals surface area contributed by atoms with Crippen LogP contribution in [0.25, 0.3) is 0 Å². The molecule has 1 aliphatic heterocycles. The van der Waals surface area contributed by atoms with Gasteiger partial charge in [-0.2, -0.15) is 0 Å². The third-order valence-corrected chi connectivity index (χ3v) is 3.90. The van der Waals surface area contributed by atoms with Gasteiger partial charge in [0, 0.05) is 25.7 Å². The van der Waals surface area contributed by atoms with Crippen LogP contribution in [-0.4, -0.2) is 36.5 Å². The van der Waals surface area contributed by atoms with Crippen molar-refractivity contribution in [2.45, 2.75) is 19.9 Å². The van der Waals surface area contributed by atoms with E-state index >= 15 is 0 Å². The lowest BCUT2D eigenvalue weighted by atomic mass is 10.0. The maximum Gasteiger partial charge on any atom is 0.264 e. The molecule has 1 atom stereocenters. The van der Waals surface area contributed by atoms with E-state index < -0.39 is 0 Å². The van der Waals surface area contributed by atoms with Gasteiger partial charge >= 0.3 is 0 Å². The van der Waals surface area contributed by atoms with Crippen LogP contribution >= 0.6 is 11.3 Å². The second-order valence-corrected chi connectivity index (χ2v) is 5.44. The van der Waals surface area contributed by atoms with E-state index in [0.29, 0.717) is 12.0 Å². The number of carbonyl (C=O) groups excluding carboxylic acids is 1. The van der Waals surface area contributed by atoms with Gasteiger partial charge in [-0.3, -0.25) is 4.79 Å². The normalized spacial score (nSPS) is 21.4. The van der Waals surface area contributed by atoms with Gasteiger partial charge < -0.3 is 10.2 Å². The van der Waals surface area contributed by atoms with Crippen molar-refractivity contribution in [3.05, 3.63) is 22.4 Å². The van der Waals surface area contributed by atoms with Crippen LogP contribution in [0, 0.1) is 5.92 Å². The molecule has 4 heteroatoms. The fraction of sp³-hybridized carbons (Fsp3) is 0.583. The number of rotatable bonds is 2. The van der Waals surface area contributed by atoms with Crippen LogP contribution in [0.3, 0.4) is 0 Å². The standard InChI is InChI=1S/C12H18N2OS/c1-9(2)10-8-13-5-6-14(10)12(15)11-4-3-7-16-11/h3-4,7,9-10,13H,5-6,8H2,1-2H3. The zero-order valence-corrected chi connectivity index (χ0v) is 10.6. The lowest BCUT2D eigenvalue weighted by Crippen LogP contribution is -2.55. The summed E-state index contributed by atoms with van der Waals surface area (Å²) in [7, 11) is 0. The SMILES string of the molecule is CC(C)C1CNCCN1C(=O)c1cccs1. The Morgan fingerprint density at radius 3 is 3.06 bits per heavy atom. The topological polar surface area (TPSA) is 32.3 Å². The molecule has 0 spiro atoms. The number of hydrogen-bond acceptors (Lipinski definition) is 3. The van der Waals surface area contributed by atoms with Crippen LogP contribution in [0.4, 0.5) is 0 Å². The van der Waals surface area contributed by atoms with Gasteiger partial charge in [0.1, 0.15) is 0 Å². The quantitative estimate of drug-likeness (QED) is 0.852. The fourth-order valence-corrected chi connectivity index (χ4v) is 2.79. The fourth-order valence-electron chi connectivity index (χ4n) is 2.12. The summed E-state index contributed by atoms with van der Waals surface area (Å²) in [6, 6.07) is 4.17. The maximum atomic E-state index is 12.3. The summed E-state index contributed by atoms with van der Waals surface area (Å²) in [5, 5.41) is 5.31. The molecule has 3 nitrogen and oxygen atoms in total. The molecule has 2 rings (SSSR count). The molecule has 1 saturated heterocycles. The molecule has 0 bridgehead atoms. The molecule has 0 radical (unpaired) electrons. The Labute approximate surface area is 100 Å². The summed E-state index contributed by atoms with van der Waals surface area (Å²) in [6.07, 6.45) is 0. The molecule has 1 fully saturated rings. The van der Waals surface area contributed by atoms with Crippen molar-refractivity contribution < 1.29 is 4.79 Å². The van der Waals surface area contributed by atoms with E-state index in [0.717, 1.165) is 24.5 Å². The lowest BCUT2D eigenvalue weighted by Gasteiger charge is -2.38. The van der Waals surface area contributed by atoms with Gasteiger partial charge in [-0.15, -0.1) is 11.3 Å². The highest BCUT2D eigenvalue weighted by atomic mass is 32.1. The number of nitrogens with zero attached hydrogens (tertiary/aromatic N) is 1. The summed E-state index contributed by atoms with van der Waals surface area (Å²) in [6.45, 7) is 6.98. The first-order valence-corrected chi connectivity index (χ1v) is 6.63. The number of carbonyl (C=O) groups is 1. The van der Waals surface area contributed by atoms with Crippen LogP contribution in [0.15, 0.2) is 17.5 Å². The minimum atomic E-state index is 0.190. The van der Waals surface area contributed by atoms with Crippen LogP contribution < -0.4 is 5.32 Å². The molecular weight excluding hydrogens is 220 g/mol. The van der Waals surface area contributed by atoms with Gasteiger partial charge in [0.25, 0.3) is 5.91 Å². The lowest BCUT2D eigenvalue weighted by molar-refractivity contribution is 0.0578. The van der Waals surface area contributed by atoms with Crippen molar-refractivity contribution in [3.63, 3.8) is 0 Å². The van der Waals surface area contributed by atoms with Crippen molar-refractivity contribution in [2.75, 3.05) is 19.6 Å². The second kappa shape index (κ2) is 4.97. The number of hydrogen-bond donors (Lipinski definition) is 1. The Morgan fingerprint density at radius 2 is 2.44 bits per heavy atom. The third-order valence-electron chi connectivity index (χ3n) is 3.05. The molecule has 2 heterocycles. The van der Waals surface area contributed by atoms with Crippen molar-refractivity contribution in [3.8, 4) is 0 Å². The minimum Gasteiger partial charge on any atom is -0.332 e. The third kappa shape index (κ3) is 2.28. The van der Waals surface area contributed by atoms with Crippen LogP contribution in [-0.2, 0) is 0 Å². The Kier molecular flexibility index (Phi) is 3.61. The minimum absolute atomic E-state index is 0.190. The summed E-state index contributed by atoms with van der Waals surface area (Å²) in [4.78, 5) is 15.2. The number of nitrogens with one attached hydrogen (secondary N) is 1. The first-order valence-electron chi connectivity index (χ1n) is 5.75. The van der Waals surface area contributed by atoms with Crippen molar-refractivity contribution >= 4 is 17.2 Å². The van der Waals surface area contributed by atoms with Crippen LogP contribution in [0.5, 0.6) is 0 Å². The van der Waals surface area contributed by atoms with Gasteiger partial charge in [0.15, 0.2) is 0 Å². The van der Waals surface area contributed by atoms with Crippen LogP contribution in [0.1, 0.15) is 23.5 Å². The first kappa shape index (κ1) is 11.6. The summed E-state index contributed by atoms with van der Waals surface area (Å²) in [5.74, 6) is 0.687. The number of thiophene rings is 1. The van der Waals surface area contributed by atoms with Gasteiger partial charge in [-0.05, 0) is 17.4 Å².